The van der Waals surface area contributed by atoms with Crippen molar-refractivity contribution >= 4 is 33.2 Å². The van der Waals surface area contributed by atoms with Gasteiger partial charge in [-0.1, -0.05) is 6.07 Å². The van der Waals surface area contributed by atoms with Crippen LogP contribution >= 0.6 is 11.3 Å². The first-order valence-corrected chi connectivity index (χ1v) is 14.6. The summed E-state index contributed by atoms with van der Waals surface area (Å²) in [4.78, 5) is 23.3. The van der Waals surface area contributed by atoms with E-state index in [1.54, 1.807) is 6.07 Å². The van der Waals surface area contributed by atoms with Gasteiger partial charge in [0.1, 0.15) is 24.4 Å². The molecular formula is C26H27N5O6S2. The summed E-state index contributed by atoms with van der Waals surface area (Å²) in [6, 6.07) is 9.24. The highest BCUT2D eigenvalue weighted by Gasteiger charge is 2.37. The average molecular weight is 570 g/mol. The van der Waals surface area contributed by atoms with Gasteiger partial charge < -0.3 is 15.2 Å². The number of aromatic nitrogens is 2. The number of nitrogens with zero attached hydrogens (tertiary/aromatic N) is 3. The molecule has 0 saturated heterocycles. The number of nitriles is 1. The second-order valence-corrected chi connectivity index (χ2v) is 12.2. The second kappa shape index (κ2) is 11.1. The molecule has 1 aliphatic carbocycles. The van der Waals surface area contributed by atoms with Crippen molar-refractivity contribution in [2.24, 2.45) is 0 Å². The minimum atomic E-state index is -3.97. The number of ether oxygens (including phenoxy) is 1. The molecule has 1 aliphatic heterocycles. The highest BCUT2D eigenvalue weighted by molar-refractivity contribution is 7.84. The van der Waals surface area contributed by atoms with Crippen LogP contribution in [0.25, 0.3) is 0 Å². The third-order valence-electron chi connectivity index (χ3n) is 6.95. The Balaban J connectivity index is 1.38. The van der Waals surface area contributed by atoms with E-state index in [1.165, 1.54) is 30.9 Å². The Labute approximate surface area is 230 Å². The smallest absolute Gasteiger partial charge is 0.335 e. The number of ketones is 1. The molecule has 3 N–H and O–H groups in total. The van der Waals surface area contributed by atoms with Crippen LogP contribution in [0.5, 0.6) is 0 Å². The molecule has 1 saturated carbocycles. The topological polar surface area (TPSA) is 164 Å². The lowest BCUT2D eigenvalue weighted by molar-refractivity contribution is 0.0636. The van der Waals surface area contributed by atoms with Crippen LogP contribution in [0.2, 0.25) is 0 Å². The summed E-state index contributed by atoms with van der Waals surface area (Å²) in [7, 11) is -2.74. The van der Waals surface area contributed by atoms with Crippen molar-refractivity contribution in [3.63, 3.8) is 0 Å². The number of nitrogens with one attached hydrogen (secondary N) is 2. The van der Waals surface area contributed by atoms with E-state index >= 15 is 0 Å². The predicted octanol–water partition coefficient (Wildman–Crippen LogP) is 2.40. The van der Waals surface area contributed by atoms with Gasteiger partial charge in [0, 0.05) is 24.2 Å². The summed E-state index contributed by atoms with van der Waals surface area (Å²) >= 11 is 1.35. The first kappa shape index (κ1) is 27.3. The van der Waals surface area contributed by atoms with Crippen LogP contribution in [0, 0.1) is 18.3 Å². The predicted molar refractivity (Wildman–Crippen MR) is 143 cm³/mol. The normalized spacial score (nSPS) is 22.7. The lowest BCUT2D eigenvalue weighted by Crippen LogP contribution is -2.31. The number of hydrogen-bond donors (Lipinski definition) is 3. The van der Waals surface area contributed by atoms with Crippen molar-refractivity contribution in [1.82, 2.24) is 14.7 Å². The molecule has 204 valence electrons. The number of hydrogen-bond acceptors (Lipinski definition) is 11. The molecule has 13 heteroatoms. The monoisotopic (exact) mass is 569 g/mol. The van der Waals surface area contributed by atoms with Crippen molar-refractivity contribution in [2.45, 2.75) is 50.5 Å². The quantitative estimate of drug-likeness (QED) is 0.343. The van der Waals surface area contributed by atoms with Crippen molar-refractivity contribution in [3.05, 3.63) is 74.4 Å². The molecule has 0 radical (unpaired) electrons. The summed E-state index contributed by atoms with van der Waals surface area (Å²) in [6.45, 7) is 2.47. The number of aliphatic hydroxyl groups is 1. The first-order chi connectivity index (χ1) is 18.7. The van der Waals surface area contributed by atoms with Gasteiger partial charge in [-0.2, -0.15) is 18.4 Å². The van der Waals surface area contributed by atoms with Gasteiger partial charge in [0.25, 0.3) is 0 Å². The fourth-order valence-corrected chi connectivity index (χ4v) is 6.62. The molecule has 2 aromatic heterocycles. The van der Waals surface area contributed by atoms with E-state index in [-0.39, 0.29) is 42.2 Å². The number of fused-ring (bicyclic) bond motifs is 1. The molecule has 0 unspecified atom stereocenters. The van der Waals surface area contributed by atoms with Crippen molar-refractivity contribution in [3.8, 4) is 6.07 Å². The van der Waals surface area contributed by atoms with E-state index in [2.05, 4.69) is 26.1 Å². The lowest BCUT2D eigenvalue weighted by Gasteiger charge is -2.26. The minimum absolute atomic E-state index is 0.199. The Morgan fingerprint density at radius 3 is 2.87 bits per heavy atom. The van der Waals surface area contributed by atoms with Gasteiger partial charge in [-0.25, -0.2) is 9.97 Å². The molecule has 5 rings (SSSR count). The SMILES string of the molecule is CNS(=O)(=O)O[C@@H]1C[C@H](Nc2ncncc2C(=O)c2cc([C@H]3OCCc4ccc(C#N)cc43)c(C)s2)C[C@@H]1O. The van der Waals surface area contributed by atoms with Crippen LogP contribution in [0.1, 0.15) is 61.3 Å². The van der Waals surface area contributed by atoms with Gasteiger partial charge in [-0.3, -0.25) is 8.98 Å². The number of thiophene rings is 1. The number of aryl methyl sites for hydroxylation is 1. The largest absolute Gasteiger partial charge is 0.390 e. The standard InChI is InChI=1S/C26H27N5O6S2/c1-14-18(25-19-7-15(11-27)3-4-16(19)5-6-36-25)10-23(38-14)24(33)20-12-29-13-30-26(20)31-17-8-21(32)22(9-17)37-39(34,35)28-2/h3-4,7,10,12-13,17,21-22,25,28,32H,5-6,8-9H2,1-2H3,(H,29,30,31)/t17-,21+,22-,25-/m1/s1. The lowest BCUT2D eigenvalue weighted by atomic mass is 9.91. The zero-order valence-corrected chi connectivity index (χ0v) is 22.9. The Hall–Kier alpha value is -3.25. The number of carbonyl (C=O) groups is 1. The number of rotatable bonds is 8. The zero-order valence-electron chi connectivity index (χ0n) is 21.2. The number of anilines is 1. The summed E-state index contributed by atoms with van der Waals surface area (Å²) < 4.78 is 36.7. The summed E-state index contributed by atoms with van der Waals surface area (Å²) in [6.07, 6.45) is 1.61. The third-order valence-corrected chi connectivity index (χ3v) is 9.01. The zero-order chi connectivity index (χ0) is 27.7. The van der Waals surface area contributed by atoms with E-state index in [1.807, 2.05) is 25.1 Å². The van der Waals surface area contributed by atoms with Crippen molar-refractivity contribution < 1.29 is 27.2 Å². The van der Waals surface area contributed by atoms with Crippen LogP contribution in [-0.4, -0.2) is 61.2 Å². The first-order valence-electron chi connectivity index (χ1n) is 12.3. The summed E-state index contributed by atoms with van der Waals surface area (Å²) in [5.74, 6) is 0.0122. The number of benzene rings is 1. The highest BCUT2D eigenvalue weighted by Crippen LogP contribution is 2.39. The third kappa shape index (κ3) is 5.72. The van der Waals surface area contributed by atoms with Crippen molar-refractivity contribution in [1.29, 1.82) is 5.26 Å². The van der Waals surface area contributed by atoms with Crippen LogP contribution in [0.15, 0.2) is 36.8 Å². The van der Waals surface area contributed by atoms with Crippen LogP contribution in [0.3, 0.4) is 0 Å². The molecule has 0 bridgehead atoms. The summed E-state index contributed by atoms with van der Waals surface area (Å²) in [5.41, 5.74) is 3.73. The molecule has 3 heterocycles. The van der Waals surface area contributed by atoms with Gasteiger partial charge >= 0.3 is 10.3 Å². The molecule has 11 nitrogen and oxygen atoms in total. The van der Waals surface area contributed by atoms with E-state index in [9.17, 15) is 23.6 Å². The molecule has 0 amide bonds. The fraction of sp³-hybridized carbons (Fsp3) is 0.385. The molecule has 39 heavy (non-hydrogen) atoms. The van der Waals surface area contributed by atoms with Crippen LogP contribution in [-0.2, 0) is 25.6 Å². The van der Waals surface area contributed by atoms with Crippen molar-refractivity contribution in [2.75, 3.05) is 19.0 Å². The molecule has 1 aromatic carbocycles. The number of carbonyl (C=O) groups excluding carboxylic acids is 1. The Bertz CT molecular complexity index is 1550. The Morgan fingerprint density at radius 1 is 1.28 bits per heavy atom. The van der Waals surface area contributed by atoms with Gasteiger partial charge in [0.15, 0.2) is 0 Å². The maximum atomic E-state index is 13.6. The van der Waals surface area contributed by atoms with Crippen LogP contribution in [0.4, 0.5) is 5.82 Å². The Morgan fingerprint density at radius 2 is 2.10 bits per heavy atom. The van der Waals surface area contributed by atoms with E-state index in [0.717, 1.165) is 28.0 Å². The van der Waals surface area contributed by atoms with E-state index in [0.29, 0.717) is 17.0 Å². The minimum Gasteiger partial charge on any atom is -0.390 e. The number of aliphatic hydroxyl groups excluding tert-OH is 1. The van der Waals surface area contributed by atoms with E-state index < -0.39 is 22.5 Å². The van der Waals surface area contributed by atoms with Crippen LogP contribution < -0.4 is 10.0 Å². The summed E-state index contributed by atoms with van der Waals surface area (Å²) in [5, 5.41) is 22.9. The average Bonchev–Trinajstić information content (AvgIpc) is 3.48. The van der Waals surface area contributed by atoms with Gasteiger partial charge in [-0.15, -0.1) is 11.3 Å². The maximum Gasteiger partial charge on any atom is 0.335 e. The Kier molecular flexibility index (Phi) is 7.77. The second-order valence-electron chi connectivity index (χ2n) is 9.44. The highest BCUT2D eigenvalue weighted by atomic mass is 32.2. The van der Waals surface area contributed by atoms with E-state index in [4.69, 9.17) is 8.92 Å². The molecule has 1 fully saturated rings. The molecule has 4 atom stereocenters. The molecule has 3 aromatic rings. The van der Waals surface area contributed by atoms with Gasteiger partial charge in [0.2, 0.25) is 5.78 Å². The molecular weight excluding hydrogens is 542 g/mol. The maximum absolute atomic E-state index is 13.6. The van der Waals surface area contributed by atoms with Gasteiger partial charge in [-0.05, 0) is 61.1 Å². The molecule has 0 spiro atoms. The molecule has 2 aliphatic rings. The fourth-order valence-electron chi connectivity index (χ4n) is 4.98. The van der Waals surface area contributed by atoms with Gasteiger partial charge in [0.05, 0.1) is 34.8 Å².